The molecular weight excluding hydrogens is 446 g/mol. The van der Waals surface area contributed by atoms with Crippen molar-refractivity contribution in [1.29, 1.82) is 5.26 Å². The Balaban J connectivity index is 1.72. The monoisotopic (exact) mass is 471 g/mol. The maximum Gasteiger partial charge on any atom is 0.408 e. The number of amides is 2. The third kappa shape index (κ3) is 7.72. The quantitative estimate of drug-likeness (QED) is 0.417. The number of nitrogens with zero attached hydrogens (tertiary/aromatic N) is 1. The molecule has 0 aliphatic heterocycles. The highest BCUT2D eigenvalue weighted by atomic mass is 16.5. The second-order valence-corrected chi connectivity index (χ2v) is 7.82. The van der Waals surface area contributed by atoms with E-state index in [2.05, 4.69) is 10.6 Å². The summed E-state index contributed by atoms with van der Waals surface area (Å²) < 4.78 is 5.24. The largest absolute Gasteiger partial charge is 0.480 e. The van der Waals surface area contributed by atoms with Crippen LogP contribution in [0.5, 0.6) is 0 Å². The van der Waals surface area contributed by atoms with Crippen LogP contribution in [-0.2, 0) is 33.8 Å². The van der Waals surface area contributed by atoms with Crippen LogP contribution in [0.15, 0.2) is 84.9 Å². The van der Waals surface area contributed by atoms with Gasteiger partial charge in [0.25, 0.3) is 0 Å². The van der Waals surface area contributed by atoms with Crippen molar-refractivity contribution in [1.82, 2.24) is 10.6 Å². The molecule has 2 atom stereocenters. The molecule has 0 radical (unpaired) electrons. The third-order valence-corrected chi connectivity index (χ3v) is 5.28. The van der Waals surface area contributed by atoms with Gasteiger partial charge in [0.1, 0.15) is 18.7 Å². The van der Waals surface area contributed by atoms with Crippen molar-refractivity contribution in [2.24, 2.45) is 0 Å². The maximum absolute atomic E-state index is 13.1. The lowest BCUT2D eigenvalue weighted by molar-refractivity contribution is -0.142. The molecule has 0 heterocycles. The number of carbonyl (C=O) groups is 3. The SMILES string of the molecule is N#Cc1ccccc1C[C@@H](NC(=O)[C@H](Cc1ccccc1)NC(=O)OCc1ccccc1)C(=O)O. The second kappa shape index (κ2) is 12.6. The van der Waals surface area contributed by atoms with Crippen LogP contribution in [0.1, 0.15) is 22.3 Å². The minimum absolute atomic E-state index is 0.0229. The Labute approximate surface area is 203 Å². The predicted octanol–water partition coefficient (Wildman–Crippen LogP) is 3.21. The molecule has 2 amide bonds. The number of carboxylic acid groups (broad SMARTS) is 1. The Kier molecular flexibility index (Phi) is 8.97. The average Bonchev–Trinajstić information content (AvgIpc) is 2.88. The van der Waals surface area contributed by atoms with Gasteiger partial charge in [-0.15, -0.1) is 0 Å². The number of nitrogens with one attached hydrogen (secondary N) is 2. The number of benzene rings is 3. The topological polar surface area (TPSA) is 129 Å². The lowest BCUT2D eigenvalue weighted by Gasteiger charge is -2.22. The van der Waals surface area contributed by atoms with E-state index >= 15 is 0 Å². The van der Waals surface area contributed by atoms with E-state index in [-0.39, 0.29) is 19.4 Å². The Hall–Kier alpha value is -4.64. The van der Waals surface area contributed by atoms with Crippen LogP contribution in [0.25, 0.3) is 0 Å². The summed E-state index contributed by atoms with van der Waals surface area (Å²) >= 11 is 0. The van der Waals surface area contributed by atoms with Crippen LogP contribution in [-0.4, -0.2) is 35.2 Å². The van der Waals surface area contributed by atoms with Gasteiger partial charge in [0.05, 0.1) is 11.6 Å². The molecular formula is C27H25N3O5. The average molecular weight is 472 g/mol. The van der Waals surface area contributed by atoms with E-state index in [1.165, 1.54) is 0 Å². The van der Waals surface area contributed by atoms with Gasteiger partial charge in [-0.25, -0.2) is 9.59 Å². The molecule has 0 saturated carbocycles. The van der Waals surface area contributed by atoms with Gasteiger partial charge < -0.3 is 20.5 Å². The highest BCUT2D eigenvalue weighted by Crippen LogP contribution is 2.11. The molecule has 8 heteroatoms. The van der Waals surface area contributed by atoms with Crippen molar-refractivity contribution in [2.75, 3.05) is 0 Å². The number of carbonyl (C=O) groups excluding carboxylic acids is 2. The highest BCUT2D eigenvalue weighted by Gasteiger charge is 2.28. The van der Waals surface area contributed by atoms with Crippen molar-refractivity contribution in [3.8, 4) is 6.07 Å². The molecule has 3 aromatic carbocycles. The van der Waals surface area contributed by atoms with Gasteiger partial charge in [0.2, 0.25) is 5.91 Å². The summed E-state index contributed by atoms with van der Waals surface area (Å²) in [7, 11) is 0. The molecule has 0 aliphatic carbocycles. The Morgan fingerprint density at radius 1 is 0.800 bits per heavy atom. The fourth-order valence-corrected chi connectivity index (χ4v) is 3.47. The van der Waals surface area contributed by atoms with Gasteiger partial charge in [0, 0.05) is 12.8 Å². The molecule has 35 heavy (non-hydrogen) atoms. The molecule has 178 valence electrons. The molecule has 0 aliphatic rings. The number of aliphatic carboxylic acids is 1. The lowest BCUT2D eigenvalue weighted by atomic mass is 10.00. The molecule has 0 bridgehead atoms. The van der Waals surface area contributed by atoms with E-state index in [1.54, 1.807) is 60.7 Å². The van der Waals surface area contributed by atoms with Gasteiger partial charge in [-0.1, -0.05) is 78.9 Å². The summed E-state index contributed by atoms with van der Waals surface area (Å²) in [5, 5.41) is 24.0. The second-order valence-electron chi connectivity index (χ2n) is 7.82. The van der Waals surface area contributed by atoms with E-state index in [1.807, 2.05) is 30.3 Å². The first kappa shape index (κ1) is 25.0. The Morgan fingerprint density at radius 2 is 1.40 bits per heavy atom. The van der Waals surface area contributed by atoms with E-state index in [4.69, 9.17) is 4.74 Å². The fraction of sp³-hybridized carbons (Fsp3) is 0.185. The molecule has 0 fully saturated rings. The van der Waals surface area contributed by atoms with Crippen molar-refractivity contribution < 1.29 is 24.2 Å². The zero-order valence-electron chi connectivity index (χ0n) is 18.9. The summed E-state index contributed by atoms with van der Waals surface area (Å²) in [5.74, 6) is -1.93. The number of rotatable bonds is 10. The molecule has 0 unspecified atom stereocenters. The normalized spacial score (nSPS) is 12.0. The fourth-order valence-electron chi connectivity index (χ4n) is 3.47. The summed E-state index contributed by atoms with van der Waals surface area (Å²) in [5.41, 5.74) is 2.39. The zero-order valence-corrected chi connectivity index (χ0v) is 18.9. The number of hydrogen-bond acceptors (Lipinski definition) is 5. The van der Waals surface area contributed by atoms with Crippen LogP contribution in [0.2, 0.25) is 0 Å². The predicted molar refractivity (Wildman–Crippen MR) is 128 cm³/mol. The van der Waals surface area contributed by atoms with Gasteiger partial charge >= 0.3 is 12.1 Å². The molecule has 8 nitrogen and oxygen atoms in total. The minimum atomic E-state index is -1.29. The summed E-state index contributed by atoms with van der Waals surface area (Å²) in [6, 6.07) is 24.4. The molecule has 0 spiro atoms. The highest BCUT2D eigenvalue weighted by molar-refractivity contribution is 5.89. The van der Waals surface area contributed by atoms with Crippen molar-refractivity contribution in [2.45, 2.75) is 31.5 Å². The van der Waals surface area contributed by atoms with Crippen LogP contribution >= 0.6 is 0 Å². The van der Waals surface area contributed by atoms with Crippen LogP contribution in [0.3, 0.4) is 0 Å². The molecule has 0 saturated heterocycles. The van der Waals surface area contributed by atoms with E-state index < -0.39 is 30.1 Å². The summed E-state index contributed by atoms with van der Waals surface area (Å²) in [6.45, 7) is 0.0229. The van der Waals surface area contributed by atoms with Crippen molar-refractivity contribution in [3.63, 3.8) is 0 Å². The van der Waals surface area contributed by atoms with Gasteiger partial charge in [0.15, 0.2) is 0 Å². The smallest absolute Gasteiger partial charge is 0.408 e. The van der Waals surface area contributed by atoms with Crippen LogP contribution < -0.4 is 10.6 Å². The van der Waals surface area contributed by atoms with E-state index in [0.29, 0.717) is 11.1 Å². The van der Waals surface area contributed by atoms with Crippen LogP contribution in [0.4, 0.5) is 4.79 Å². The standard InChI is InChI=1S/C27H25N3O5/c28-17-22-14-8-7-13-21(22)16-24(26(32)33)29-25(31)23(15-19-9-3-1-4-10-19)30-27(34)35-18-20-11-5-2-6-12-20/h1-14,23-24H,15-16,18H2,(H,29,31)(H,30,34)(H,32,33)/t23-,24+/m0/s1. The number of nitriles is 1. The minimum Gasteiger partial charge on any atom is -0.480 e. The van der Waals surface area contributed by atoms with Gasteiger partial charge in [-0.3, -0.25) is 4.79 Å². The van der Waals surface area contributed by atoms with Crippen molar-refractivity contribution in [3.05, 3.63) is 107 Å². The summed E-state index contributed by atoms with van der Waals surface area (Å²) in [6.07, 6.45) is -0.748. The first-order valence-electron chi connectivity index (χ1n) is 11.0. The Morgan fingerprint density at radius 3 is 2.03 bits per heavy atom. The maximum atomic E-state index is 13.1. The third-order valence-electron chi connectivity index (χ3n) is 5.28. The van der Waals surface area contributed by atoms with Gasteiger partial charge in [-0.05, 0) is 22.8 Å². The molecule has 3 N–H and O–H groups in total. The number of hydrogen-bond donors (Lipinski definition) is 3. The first-order valence-corrected chi connectivity index (χ1v) is 11.0. The van der Waals surface area contributed by atoms with Crippen LogP contribution in [0, 0.1) is 11.3 Å². The lowest BCUT2D eigenvalue weighted by Crippen LogP contribution is -2.53. The number of carboxylic acids is 1. The zero-order chi connectivity index (χ0) is 25.0. The molecule has 0 aromatic heterocycles. The van der Waals surface area contributed by atoms with E-state index in [0.717, 1.165) is 11.1 Å². The summed E-state index contributed by atoms with van der Waals surface area (Å²) in [4.78, 5) is 37.4. The van der Waals surface area contributed by atoms with E-state index in [9.17, 15) is 24.8 Å². The molecule has 3 aromatic rings. The van der Waals surface area contributed by atoms with Gasteiger partial charge in [-0.2, -0.15) is 5.26 Å². The Bertz CT molecular complexity index is 1190. The number of ether oxygens (including phenoxy) is 1. The van der Waals surface area contributed by atoms with Crippen molar-refractivity contribution >= 4 is 18.0 Å². The first-order chi connectivity index (χ1) is 17.0. The number of alkyl carbamates (subject to hydrolysis) is 1. The molecule has 3 rings (SSSR count).